The first kappa shape index (κ1) is 12.0. The lowest BCUT2D eigenvalue weighted by Gasteiger charge is -2.22. The molecule has 0 spiro atoms. The van der Waals surface area contributed by atoms with Gasteiger partial charge in [-0.05, 0) is 24.5 Å². The molecular formula is C14H18ClN3. The van der Waals surface area contributed by atoms with Crippen LogP contribution in [0.4, 0.5) is 0 Å². The third-order valence-electron chi connectivity index (χ3n) is 3.79. The molecule has 2 aromatic heterocycles. The van der Waals surface area contributed by atoms with E-state index in [0.717, 1.165) is 22.6 Å². The second kappa shape index (κ2) is 5.29. The molecule has 0 saturated heterocycles. The summed E-state index contributed by atoms with van der Waals surface area (Å²) in [6.07, 6.45) is 10.4. The summed E-state index contributed by atoms with van der Waals surface area (Å²) in [5.41, 5.74) is 2.09. The van der Waals surface area contributed by atoms with Gasteiger partial charge in [0.2, 0.25) is 0 Å². The number of pyridine rings is 1. The molecule has 1 aliphatic carbocycles. The highest BCUT2D eigenvalue weighted by molar-refractivity contribution is 6.35. The standard InChI is InChI=1S/C14H18ClN3/c15-12-6-7-16-14-13(12)10(9-18-14)8-17-11-4-2-1-3-5-11/h6-7,9,11,17H,1-5,8H2,(H,16,18). The van der Waals surface area contributed by atoms with Gasteiger partial charge >= 0.3 is 0 Å². The topological polar surface area (TPSA) is 40.7 Å². The van der Waals surface area contributed by atoms with Crippen molar-refractivity contribution < 1.29 is 0 Å². The fourth-order valence-electron chi connectivity index (χ4n) is 2.78. The first-order valence-corrected chi connectivity index (χ1v) is 7.06. The summed E-state index contributed by atoms with van der Waals surface area (Å²) in [4.78, 5) is 7.47. The zero-order valence-corrected chi connectivity index (χ0v) is 11.1. The lowest BCUT2D eigenvalue weighted by Crippen LogP contribution is -2.30. The minimum Gasteiger partial charge on any atom is -0.346 e. The first-order valence-electron chi connectivity index (χ1n) is 6.68. The second-order valence-electron chi connectivity index (χ2n) is 5.05. The van der Waals surface area contributed by atoms with Crippen LogP contribution in [0.3, 0.4) is 0 Å². The molecule has 0 radical (unpaired) electrons. The van der Waals surface area contributed by atoms with Gasteiger partial charge in [0.1, 0.15) is 5.65 Å². The van der Waals surface area contributed by atoms with Crippen LogP contribution in [-0.2, 0) is 6.54 Å². The molecule has 0 aliphatic heterocycles. The third-order valence-corrected chi connectivity index (χ3v) is 4.11. The van der Waals surface area contributed by atoms with E-state index in [-0.39, 0.29) is 0 Å². The SMILES string of the molecule is Clc1ccnc2[nH]cc(CNC3CCCCC3)c12. The zero-order valence-electron chi connectivity index (χ0n) is 10.4. The lowest BCUT2D eigenvalue weighted by atomic mass is 9.95. The van der Waals surface area contributed by atoms with Crippen LogP contribution in [-0.4, -0.2) is 16.0 Å². The normalized spacial score (nSPS) is 17.4. The smallest absolute Gasteiger partial charge is 0.139 e. The molecule has 0 amide bonds. The van der Waals surface area contributed by atoms with Crippen molar-refractivity contribution in [2.75, 3.05) is 0 Å². The van der Waals surface area contributed by atoms with Crippen LogP contribution in [0.2, 0.25) is 5.02 Å². The molecule has 1 saturated carbocycles. The Balaban J connectivity index is 1.74. The van der Waals surface area contributed by atoms with E-state index in [2.05, 4.69) is 15.3 Å². The van der Waals surface area contributed by atoms with Gasteiger partial charge in [-0.3, -0.25) is 0 Å². The van der Waals surface area contributed by atoms with Gasteiger partial charge in [0.15, 0.2) is 0 Å². The van der Waals surface area contributed by atoms with E-state index in [9.17, 15) is 0 Å². The molecular weight excluding hydrogens is 246 g/mol. The number of halogens is 1. The van der Waals surface area contributed by atoms with Crippen LogP contribution in [0.15, 0.2) is 18.5 Å². The van der Waals surface area contributed by atoms with Gasteiger partial charge in [-0.15, -0.1) is 0 Å². The van der Waals surface area contributed by atoms with Gasteiger partial charge < -0.3 is 10.3 Å². The maximum atomic E-state index is 6.24. The number of aromatic nitrogens is 2. The second-order valence-corrected chi connectivity index (χ2v) is 5.45. The molecule has 0 unspecified atom stereocenters. The van der Waals surface area contributed by atoms with Crippen molar-refractivity contribution in [3.63, 3.8) is 0 Å². The van der Waals surface area contributed by atoms with Crippen molar-refractivity contribution in [2.45, 2.75) is 44.7 Å². The van der Waals surface area contributed by atoms with Crippen molar-refractivity contribution in [3.05, 3.63) is 29.0 Å². The molecule has 1 fully saturated rings. The van der Waals surface area contributed by atoms with Crippen molar-refractivity contribution in [1.82, 2.24) is 15.3 Å². The van der Waals surface area contributed by atoms with Crippen LogP contribution >= 0.6 is 11.6 Å². The molecule has 0 bridgehead atoms. The summed E-state index contributed by atoms with van der Waals surface area (Å²) in [6.45, 7) is 0.871. The van der Waals surface area contributed by atoms with Crippen molar-refractivity contribution in [2.24, 2.45) is 0 Å². The van der Waals surface area contributed by atoms with Crippen LogP contribution < -0.4 is 5.32 Å². The van der Waals surface area contributed by atoms with E-state index >= 15 is 0 Å². The molecule has 2 heterocycles. The fourth-order valence-corrected chi connectivity index (χ4v) is 3.05. The van der Waals surface area contributed by atoms with Gasteiger partial charge in [-0.1, -0.05) is 30.9 Å². The molecule has 0 atom stereocenters. The lowest BCUT2D eigenvalue weighted by molar-refractivity contribution is 0.373. The molecule has 2 N–H and O–H groups in total. The average molecular weight is 264 g/mol. The minimum absolute atomic E-state index is 0.666. The average Bonchev–Trinajstić information content (AvgIpc) is 2.82. The Labute approximate surface area is 112 Å². The summed E-state index contributed by atoms with van der Waals surface area (Å²) >= 11 is 6.24. The van der Waals surface area contributed by atoms with E-state index in [1.165, 1.54) is 37.7 Å². The summed E-state index contributed by atoms with van der Waals surface area (Å²) in [5, 5.41) is 5.47. The fraction of sp³-hybridized carbons (Fsp3) is 0.500. The van der Waals surface area contributed by atoms with E-state index in [1.807, 2.05) is 12.3 Å². The number of hydrogen-bond acceptors (Lipinski definition) is 2. The van der Waals surface area contributed by atoms with Crippen LogP contribution in [0.5, 0.6) is 0 Å². The van der Waals surface area contributed by atoms with E-state index in [1.54, 1.807) is 6.20 Å². The van der Waals surface area contributed by atoms with E-state index in [0.29, 0.717) is 6.04 Å². The number of fused-ring (bicyclic) bond motifs is 1. The molecule has 3 nitrogen and oxygen atoms in total. The predicted molar refractivity (Wildman–Crippen MR) is 74.8 cm³/mol. The largest absolute Gasteiger partial charge is 0.346 e. The van der Waals surface area contributed by atoms with Gasteiger partial charge in [0.25, 0.3) is 0 Å². The number of H-pyrrole nitrogens is 1. The van der Waals surface area contributed by atoms with Crippen LogP contribution in [0.25, 0.3) is 11.0 Å². The minimum atomic E-state index is 0.666. The van der Waals surface area contributed by atoms with Gasteiger partial charge in [0, 0.05) is 30.4 Å². The highest BCUT2D eigenvalue weighted by atomic mass is 35.5. The molecule has 18 heavy (non-hydrogen) atoms. The summed E-state index contributed by atoms with van der Waals surface area (Å²) in [6, 6.07) is 2.51. The Kier molecular flexibility index (Phi) is 3.52. The van der Waals surface area contributed by atoms with Crippen molar-refractivity contribution in [1.29, 1.82) is 0 Å². The maximum Gasteiger partial charge on any atom is 0.139 e. The molecule has 1 aliphatic rings. The van der Waals surface area contributed by atoms with Crippen LogP contribution in [0.1, 0.15) is 37.7 Å². The predicted octanol–water partition coefficient (Wildman–Crippen LogP) is 3.64. The molecule has 2 aromatic rings. The maximum absolute atomic E-state index is 6.24. The van der Waals surface area contributed by atoms with Gasteiger partial charge in [-0.25, -0.2) is 4.98 Å². The third kappa shape index (κ3) is 2.38. The van der Waals surface area contributed by atoms with Crippen molar-refractivity contribution >= 4 is 22.6 Å². The Hall–Kier alpha value is -1.06. The Bertz CT molecular complexity index is 529. The highest BCUT2D eigenvalue weighted by Crippen LogP contribution is 2.25. The molecule has 3 rings (SSSR count). The number of nitrogens with zero attached hydrogens (tertiary/aromatic N) is 1. The molecule has 96 valence electrons. The van der Waals surface area contributed by atoms with Gasteiger partial charge in [0.05, 0.1) is 5.02 Å². The number of nitrogens with one attached hydrogen (secondary N) is 2. The van der Waals surface area contributed by atoms with Crippen molar-refractivity contribution in [3.8, 4) is 0 Å². The summed E-state index contributed by atoms with van der Waals surface area (Å²) < 4.78 is 0. The molecule has 4 heteroatoms. The molecule has 0 aromatic carbocycles. The first-order chi connectivity index (χ1) is 8.84. The Morgan fingerprint density at radius 2 is 2.17 bits per heavy atom. The van der Waals surface area contributed by atoms with Gasteiger partial charge in [-0.2, -0.15) is 0 Å². The van der Waals surface area contributed by atoms with E-state index in [4.69, 9.17) is 11.6 Å². The van der Waals surface area contributed by atoms with Crippen LogP contribution in [0, 0.1) is 0 Å². The zero-order chi connectivity index (χ0) is 12.4. The Morgan fingerprint density at radius 3 is 3.00 bits per heavy atom. The monoisotopic (exact) mass is 263 g/mol. The summed E-state index contributed by atoms with van der Waals surface area (Å²) in [7, 11) is 0. The number of aromatic amines is 1. The highest BCUT2D eigenvalue weighted by Gasteiger charge is 2.14. The number of hydrogen-bond donors (Lipinski definition) is 2. The summed E-state index contributed by atoms with van der Waals surface area (Å²) in [5.74, 6) is 0. The quantitative estimate of drug-likeness (QED) is 0.888. The Morgan fingerprint density at radius 1 is 1.33 bits per heavy atom. The van der Waals surface area contributed by atoms with E-state index < -0.39 is 0 Å². The number of rotatable bonds is 3.